The van der Waals surface area contributed by atoms with Crippen LogP contribution in [0, 0.1) is 0 Å². The maximum absolute atomic E-state index is 11.0. The first-order chi connectivity index (χ1) is 7.28. The molecule has 0 spiro atoms. The van der Waals surface area contributed by atoms with E-state index in [0.717, 1.165) is 0 Å². The molecule has 7 nitrogen and oxygen atoms in total. The first-order valence-electron chi connectivity index (χ1n) is 4.55. The normalized spacial score (nSPS) is 12.7. The molecule has 1 atom stereocenters. The molecule has 0 aliphatic rings. The Labute approximate surface area is 92.7 Å². The van der Waals surface area contributed by atoms with E-state index in [-0.39, 0.29) is 0 Å². The smallest absolute Gasteiger partial charge is 0.409 e. The standard InChI is InChI=1S/C9H15NO6/c1-6(7(12)13)10-8(14)15-5-16-9(2,3)4-11/h4,6H,5H2,1-3H3,(H,10,14)(H,12,13). The minimum Gasteiger partial charge on any atom is -0.480 e. The summed E-state index contributed by atoms with van der Waals surface area (Å²) < 4.78 is 9.40. The number of hydrogen-bond acceptors (Lipinski definition) is 5. The number of alkyl carbamates (subject to hydrolysis) is 1. The second-order valence-electron chi connectivity index (χ2n) is 3.62. The Morgan fingerprint density at radius 2 is 2.06 bits per heavy atom. The van der Waals surface area contributed by atoms with Crippen LogP contribution in [-0.4, -0.2) is 41.9 Å². The number of hydrogen-bond donors (Lipinski definition) is 2. The fourth-order valence-electron chi connectivity index (χ4n) is 0.549. The zero-order chi connectivity index (χ0) is 12.8. The summed E-state index contributed by atoms with van der Waals surface area (Å²) in [5.74, 6) is -1.17. The third kappa shape index (κ3) is 5.97. The zero-order valence-corrected chi connectivity index (χ0v) is 9.35. The molecule has 0 aliphatic carbocycles. The van der Waals surface area contributed by atoms with E-state index in [1.807, 2.05) is 0 Å². The van der Waals surface area contributed by atoms with Crippen molar-refractivity contribution in [2.45, 2.75) is 32.4 Å². The lowest BCUT2D eigenvalue weighted by Gasteiger charge is -2.18. The van der Waals surface area contributed by atoms with Gasteiger partial charge in [-0.05, 0) is 20.8 Å². The molecular formula is C9H15NO6. The van der Waals surface area contributed by atoms with E-state index in [0.29, 0.717) is 6.29 Å². The number of carbonyl (C=O) groups is 3. The Balaban J connectivity index is 3.83. The average Bonchev–Trinajstić information content (AvgIpc) is 2.17. The number of carboxylic acids is 1. The maximum atomic E-state index is 11.0. The lowest BCUT2D eigenvalue weighted by atomic mass is 10.2. The fourth-order valence-corrected chi connectivity index (χ4v) is 0.549. The summed E-state index contributed by atoms with van der Waals surface area (Å²) in [6.07, 6.45) is -0.356. The lowest BCUT2D eigenvalue weighted by molar-refractivity contribution is -0.141. The van der Waals surface area contributed by atoms with Gasteiger partial charge in [0.2, 0.25) is 0 Å². The molecular weight excluding hydrogens is 218 g/mol. The first kappa shape index (κ1) is 14.4. The van der Waals surface area contributed by atoms with Crippen molar-refractivity contribution >= 4 is 18.3 Å². The molecule has 0 aromatic rings. The number of aldehydes is 1. The Hall–Kier alpha value is -1.63. The van der Waals surface area contributed by atoms with Gasteiger partial charge in [0.15, 0.2) is 13.1 Å². The fraction of sp³-hybridized carbons (Fsp3) is 0.667. The van der Waals surface area contributed by atoms with Gasteiger partial charge in [-0.2, -0.15) is 0 Å². The molecule has 1 amide bonds. The highest BCUT2D eigenvalue weighted by atomic mass is 16.7. The third-order valence-corrected chi connectivity index (χ3v) is 1.61. The molecule has 0 aliphatic heterocycles. The van der Waals surface area contributed by atoms with Crippen LogP contribution in [0.3, 0.4) is 0 Å². The Morgan fingerprint density at radius 1 is 1.50 bits per heavy atom. The van der Waals surface area contributed by atoms with Gasteiger partial charge >= 0.3 is 12.1 Å². The summed E-state index contributed by atoms with van der Waals surface area (Å²) in [6, 6.07) is -1.05. The number of carboxylic acid groups (broad SMARTS) is 1. The molecule has 7 heteroatoms. The second kappa shape index (κ2) is 6.06. The van der Waals surface area contributed by atoms with Crippen molar-refractivity contribution in [1.82, 2.24) is 5.32 Å². The Morgan fingerprint density at radius 3 is 2.50 bits per heavy atom. The number of rotatable bonds is 6. The third-order valence-electron chi connectivity index (χ3n) is 1.61. The molecule has 92 valence electrons. The summed E-state index contributed by atoms with van der Waals surface area (Å²) in [6.45, 7) is 3.87. The lowest BCUT2D eigenvalue weighted by Crippen LogP contribution is -2.39. The van der Waals surface area contributed by atoms with Gasteiger partial charge in [0, 0.05) is 0 Å². The van der Waals surface area contributed by atoms with Crippen molar-refractivity contribution in [3.05, 3.63) is 0 Å². The highest BCUT2D eigenvalue weighted by Gasteiger charge is 2.19. The van der Waals surface area contributed by atoms with Gasteiger partial charge in [-0.25, -0.2) is 4.79 Å². The van der Waals surface area contributed by atoms with Crippen molar-refractivity contribution < 1.29 is 29.0 Å². The van der Waals surface area contributed by atoms with Crippen LogP contribution >= 0.6 is 0 Å². The van der Waals surface area contributed by atoms with E-state index < -0.39 is 30.5 Å². The van der Waals surface area contributed by atoms with E-state index >= 15 is 0 Å². The summed E-state index contributed by atoms with van der Waals surface area (Å²) in [7, 11) is 0. The van der Waals surface area contributed by atoms with E-state index in [1.54, 1.807) is 0 Å². The minimum absolute atomic E-state index is 0.427. The van der Waals surface area contributed by atoms with Crippen LogP contribution in [0.5, 0.6) is 0 Å². The van der Waals surface area contributed by atoms with Crippen molar-refractivity contribution in [1.29, 1.82) is 0 Å². The van der Waals surface area contributed by atoms with Crippen molar-refractivity contribution in [3.63, 3.8) is 0 Å². The Bertz CT molecular complexity index is 275. The molecule has 0 bridgehead atoms. The highest BCUT2D eigenvalue weighted by Crippen LogP contribution is 2.04. The van der Waals surface area contributed by atoms with Crippen molar-refractivity contribution in [2.75, 3.05) is 6.79 Å². The van der Waals surface area contributed by atoms with Crippen LogP contribution in [0.15, 0.2) is 0 Å². The molecule has 0 saturated carbocycles. The van der Waals surface area contributed by atoms with Crippen LogP contribution in [-0.2, 0) is 19.1 Å². The number of nitrogens with one attached hydrogen (secondary N) is 1. The van der Waals surface area contributed by atoms with Crippen LogP contribution in [0.25, 0.3) is 0 Å². The highest BCUT2D eigenvalue weighted by molar-refractivity contribution is 5.79. The van der Waals surface area contributed by atoms with Crippen LogP contribution in [0.2, 0.25) is 0 Å². The topological polar surface area (TPSA) is 102 Å². The zero-order valence-electron chi connectivity index (χ0n) is 9.35. The molecule has 0 aromatic heterocycles. The van der Waals surface area contributed by atoms with Gasteiger partial charge in [-0.3, -0.25) is 4.79 Å². The minimum atomic E-state index is -1.17. The number of carbonyl (C=O) groups excluding carboxylic acids is 2. The second-order valence-corrected chi connectivity index (χ2v) is 3.62. The summed E-state index contributed by atoms with van der Waals surface area (Å²) in [4.78, 5) is 31.7. The number of ether oxygens (including phenoxy) is 2. The van der Waals surface area contributed by atoms with E-state index in [1.165, 1.54) is 20.8 Å². The molecule has 0 rings (SSSR count). The molecule has 0 heterocycles. The monoisotopic (exact) mass is 233 g/mol. The van der Waals surface area contributed by atoms with E-state index in [4.69, 9.17) is 9.84 Å². The maximum Gasteiger partial charge on any atom is 0.409 e. The average molecular weight is 233 g/mol. The molecule has 0 fully saturated rings. The van der Waals surface area contributed by atoms with E-state index in [9.17, 15) is 14.4 Å². The first-order valence-corrected chi connectivity index (χ1v) is 4.55. The molecule has 0 saturated heterocycles. The predicted molar refractivity (Wildman–Crippen MR) is 52.8 cm³/mol. The van der Waals surface area contributed by atoms with Crippen molar-refractivity contribution in [3.8, 4) is 0 Å². The van der Waals surface area contributed by atoms with Gasteiger partial charge in [-0.1, -0.05) is 0 Å². The molecule has 2 N–H and O–H groups in total. The molecule has 16 heavy (non-hydrogen) atoms. The molecule has 0 aromatic carbocycles. The van der Waals surface area contributed by atoms with Gasteiger partial charge < -0.3 is 24.7 Å². The quantitative estimate of drug-likeness (QED) is 0.499. The van der Waals surface area contributed by atoms with Crippen LogP contribution < -0.4 is 5.32 Å². The van der Waals surface area contributed by atoms with Gasteiger partial charge in [0.25, 0.3) is 0 Å². The Kier molecular flexibility index (Phi) is 5.44. The molecule has 1 unspecified atom stereocenters. The van der Waals surface area contributed by atoms with Gasteiger partial charge in [0.05, 0.1) is 0 Å². The number of aliphatic carboxylic acids is 1. The predicted octanol–water partition coefficient (Wildman–Crippen LogP) is 0.137. The summed E-state index contributed by atoms with van der Waals surface area (Å²) in [5.41, 5.74) is -1.04. The SMILES string of the molecule is CC(NC(=O)OCOC(C)(C)C=O)C(=O)O. The van der Waals surface area contributed by atoms with Gasteiger partial charge in [0.1, 0.15) is 11.6 Å². The summed E-state index contributed by atoms with van der Waals surface area (Å²) >= 11 is 0. The summed E-state index contributed by atoms with van der Waals surface area (Å²) in [5, 5.41) is 10.5. The molecule has 0 radical (unpaired) electrons. The largest absolute Gasteiger partial charge is 0.480 e. The van der Waals surface area contributed by atoms with Gasteiger partial charge in [-0.15, -0.1) is 0 Å². The van der Waals surface area contributed by atoms with Crippen molar-refractivity contribution in [2.24, 2.45) is 0 Å². The van der Waals surface area contributed by atoms with Crippen LogP contribution in [0.1, 0.15) is 20.8 Å². The van der Waals surface area contributed by atoms with E-state index in [2.05, 4.69) is 10.1 Å². The number of amides is 1. The van der Waals surface area contributed by atoms with Crippen LogP contribution in [0.4, 0.5) is 4.79 Å².